The summed E-state index contributed by atoms with van der Waals surface area (Å²) in [6.45, 7) is 8.68. The molecule has 0 aliphatic heterocycles. The molecule has 1 aliphatic carbocycles. The number of hydrogen-bond donors (Lipinski definition) is 0. The minimum Gasteiger partial charge on any atom is -0.233 e. The van der Waals surface area contributed by atoms with Gasteiger partial charge in [-0.3, -0.25) is 0 Å². The molecule has 0 atom stereocenters. The van der Waals surface area contributed by atoms with Crippen molar-refractivity contribution in [2.75, 3.05) is 0 Å². The Labute approximate surface area is 265 Å². The predicted molar refractivity (Wildman–Crippen MR) is 191 cm³/mol. The minimum atomic E-state index is 0.639. The third kappa shape index (κ3) is 5.83. The quantitative estimate of drug-likeness (QED) is 0.139. The van der Waals surface area contributed by atoms with Crippen LogP contribution in [0, 0.1) is 6.92 Å². The van der Waals surface area contributed by atoms with Crippen molar-refractivity contribution in [3.63, 3.8) is 0 Å². The van der Waals surface area contributed by atoms with Gasteiger partial charge in [-0.05, 0) is 76.9 Å². The van der Waals surface area contributed by atoms with Crippen LogP contribution in [-0.2, 0) is 6.42 Å². The summed E-state index contributed by atoms with van der Waals surface area (Å²) in [5, 5.41) is 0. The van der Waals surface area contributed by atoms with Crippen molar-refractivity contribution in [2.45, 2.75) is 20.3 Å². The van der Waals surface area contributed by atoms with Crippen LogP contribution >= 0.6 is 0 Å². The van der Waals surface area contributed by atoms with Crippen LogP contribution in [0.4, 0.5) is 0 Å². The topological polar surface area (TPSA) is 24.7 Å². The molecule has 0 spiro atoms. The van der Waals surface area contributed by atoms with E-state index in [0.717, 1.165) is 51.1 Å². The zero-order valence-corrected chi connectivity index (χ0v) is 25.7. The van der Waals surface area contributed by atoms with Gasteiger partial charge in [0, 0.05) is 22.4 Å². The summed E-state index contributed by atoms with van der Waals surface area (Å²) < 4.78 is 0. The van der Waals surface area contributed by atoms with E-state index in [1.165, 1.54) is 27.8 Å². The molecule has 2 heteroatoms. The highest BCUT2D eigenvalue weighted by molar-refractivity contribution is 6.15. The fourth-order valence-electron chi connectivity index (χ4n) is 6.19. The molecule has 45 heavy (non-hydrogen) atoms. The van der Waals surface area contributed by atoms with E-state index in [0.29, 0.717) is 11.5 Å². The summed E-state index contributed by atoms with van der Waals surface area (Å²) in [7, 11) is 0. The van der Waals surface area contributed by atoms with Crippen LogP contribution in [-0.4, -0.2) is 11.5 Å². The number of amidine groups is 1. The second-order valence-corrected chi connectivity index (χ2v) is 11.7. The maximum atomic E-state index is 5.28. The first-order valence-electron chi connectivity index (χ1n) is 15.4. The fourth-order valence-corrected chi connectivity index (χ4v) is 6.19. The largest absolute Gasteiger partial charge is 0.233 e. The van der Waals surface area contributed by atoms with Gasteiger partial charge in [0.2, 0.25) is 0 Å². The van der Waals surface area contributed by atoms with E-state index in [1.54, 1.807) is 0 Å². The smallest absolute Gasteiger partial charge is 0.160 e. The molecule has 2 nitrogen and oxygen atoms in total. The molecule has 0 unspecified atom stereocenters. The molecule has 0 N–H and O–H groups in total. The number of fused-ring (bicyclic) bond motifs is 3. The van der Waals surface area contributed by atoms with Crippen molar-refractivity contribution in [3.05, 3.63) is 186 Å². The fraction of sp³-hybridized carbons (Fsp3) is 0.0698. The molecule has 0 fully saturated rings. The Morgan fingerprint density at radius 3 is 1.84 bits per heavy atom. The Bertz CT molecular complexity index is 2100. The van der Waals surface area contributed by atoms with Crippen molar-refractivity contribution < 1.29 is 0 Å². The Balaban J connectivity index is 1.34. The maximum Gasteiger partial charge on any atom is 0.160 e. The van der Waals surface area contributed by atoms with Gasteiger partial charge >= 0.3 is 0 Å². The second-order valence-electron chi connectivity index (χ2n) is 11.7. The van der Waals surface area contributed by atoms with Crippen LogP contribution in [0.2, 0.25) is 0 Å². The van der Waals surface area contributed by atoms with Crippen molar-refractivity contribution in [1.29, 1.82) is 0 Å². The summed E-state index contributed by atoms with van der Waals surface area (Å²) in [6, 6.07) is 51.0. The number of benzene rings is 6. The van der Waals surface area contributed by atoms with Gasteiger partial charge in [-0.1, -0.05) is 146 Å². The SMILES string of the molecule is C=C(N=C(N=C(C)c1cccc2c1-c1cc(C)ccc1C2)c1cccc(-c2ccccc2)c1)c1cccc(-c2ccccc2)c1. The van der Waals surface area contributed by atoms with Gasteiger partial charge in [0.25, 0.3) is 0 Å². The Hall–Kier alpha value is -5.60. The lowest BCUT2D eigenvalue weighted by Gasteiger charge is -2.12. The van der Waals surface area contributed by atoms with E-state index in [9.17, 15) is 0 Å². The molecule has 6 aromatic carbocycles. The Kier molecular flexibility index (Phi) is 7.63. The summed E-state index contributed by atoms with van der Waals surface area (Å²) >= 11 is 0. The molecular formula is C43H34N2. The average Bonchev–Trinajstić information content (AvgIpc) is 3.47. The maximum absolute atomic E-state index is 5.28. The number of nitrogens with zero attached hydrogens (tertiary/aromatic N) is 2. The van der Waals surface area contributed by atoms with Gasteiger partial charge in [-0.15, -0.1) is 0 Å². The zero-order chi connectivity index (χ0) is 30.8. The van der Waals surface area contributed by atoms with E-state index < -0.39 is 0 Å². The molecule has 0 radical (unpaired) electrons. The number of aliphatic imine (C=N–C) groups is 2. The van der Waals surface area contributed by atoms with Crippen LogP contribution in [0.1, 0.15) is 40.3 Å². The van der Waals surface area contributed by atoms with Gasteiger partial charge in [-0.25, -0.2) is 9.98 Å². The molecule has 1 aliphatic rings. The zero-order valence-electron chi connectivity index (χ0n) is 25.7. The predicted octanol–water partition coefficient (Wildman–Crippen LogP) is 10.8. The lowest BCUT2D eigenvalue weighted by Crippen LogP contribution is -2.06. The van der Waals surface area contributed by atoms with E-state index in [2.05, 4.69) is 154 Å². The molecule has 0 saturated heterocycles. The van der Waals surface area contributed by atoms with Crippen molar-refractivity contribution in [2.24, 2.45) is 9.98 Å². The van der Waals surface area contributed by atoms with E-state index in [-0.39, 0.29) is 0 Å². The van der Waals surface area contributed by atoms with Crippen LogP contribution < -0.4 is 0 Å². The molecule has 0 heterocycles. The molecular weight excluding hydrogens is 544 g/mol. The first-order chi connectivity index (χ1) is 22.0. The van der Waals surface area contributed by atoms with Crippen LogP contribution in [0.15, 0.2) is 162 Å². The van der Waals surface area contributed by atoms with Crippen molar-refractivity contribution in [1.82, 2.24) is 0 Å². The number of hydrogen-bond acceptors (Lipinski definition) is 1. The highest BCUT2D eigenvalue weighted by atomic mass is 14.9. The van der Waals surface area contributed by atoms with Crippen LogP contribution in [0.5, 0.6) is 0 Å². The normalized spacial score (nSPS) is 12.5. The molecule has 6 aromatic rings. The summed E-state index contributed by atoms with van der Waals surface area (Å²) in [4.78, 5) is 10.4. The molecule has 216 valence electrons. The van der Waals surface area contributed by atoms with Gasteiger partial charge in [0.1, 0.15) is 0 Å². The van der Waals surface area contributed by atoms with Gasteiger partial charge in [0.05, 0.1) is 5.70 Å². The highest BCUT2D eigenvalue weighted by Crippen LogP contribution is 2.40. The van der Waals surface area contributed by atoms with E-state index in [1.807, 2.05) is 12.1 Å². The first-order valence-corrected chi connectivity index (χ1v) is 15.4. The molecule has 0 amide bonds. The standard InChI is InChI=1S/C43H34N2/c1-29-23-24-37-28-38-20-12-22-40(42(38)41(37)25-29)31(3)45-43(39-21-11-19-36(27-39)33-15-8-5-9-16-33)44-30(2)34-17-10-18-35(26-34)32-13-6-4-7-14-32/h4-27H,2,28H2,1,3H3. The van der Waals surface area contributed by atoms with Gasteiger partial charge in [-0.2, -0.15) is 0 Å². The lowest BCUT2D eigenvalue weighted by atomic mass is 9.96. The van der Waals surface area contributed by atoms with E-state index >= 15 is 0 Å². The van der Waals surface area contributed by atoms with Crippen molar-refractivity contribution >= 4 is 17.2 Å². The molecule has 0 aromatic heterocycles. The number of rotatable bonds is 6. The van der Waals surface area contributed by atoms with Crippen LogP contribution in [0.25, 0.3) is 39.1 Å². The van der Waals surface area contributed by atoms with E-state index in [4.69, 9.17) is 9.98 Å². The Morgan fingerprint density at radius 1 is 0.556 bits per heavy atom. The number of aryl methyl sites for hydroxylation is 1. The monoisotopic (exact) mass is 578 g/mol. The van der Waals surface area contributed by atoms with Gasteiger partial charge in [0.15, 0.2) is 5.84 Å². The molecule has 0 bridgehead atoms. The van der Waals surface area contributed by atoms with Crippen LogP contribution in [0.3, 0.4) is 0 Å². The van der Waals surface area contributed by atoms with Crippen molar-refractivity contribution in [3.8, 4) is 33.4 Å². The summed E-state index contributed by atoms with van der Waals surface area (Å²) in [6.07, 6.45) is 0.945. The second kappa shape index (κ2) is 12.2. The average molecular weight is 579 g/mol. The first kappa shape index (κ1) is 28.2. The van der Waals surface area contributed by atoms with Gasteiger partial charge < -0.3 is 0 Å². The summed E-state index contributed by atoms with van der Waals surface area (Å²) in [5.41, 5.74) is 15.8. The summed E-state index contributed by atoms with van der Waals surface area (Å²) in [5.74, 6) is 0.639. The highest BCUT2D eigenvalue weighted by Gasteiger charge is 2.22. The third-order valence-corrected chi connectivity index (χ3v) is 8.50. The molecule has 0 saturated carbocycles. The minimum absolute atomic E-state index is 0.639. The third-order valence-electron chi connectivity index (χ3n) is 8.50. The Morgan fingerprint density at radius 2 is 1.16 bits per heavy atom. The lowest BCUT2D eigenvalue weighted by molar-refractivity contribution is 1.26. The molecule has 7 rings (SSSR count).